The van der Waals surface area contributed by atoms with E-state index in [0.29, 0.717) is 13.2 Å². The number of carbonyl (C=O) groups is 1. The van der Waals surface area contributed by atoms with E-state index in [2.05, 4.69) is 10.2 Å². The van der Waals surface area contributed by atoms with Crippen molar-refractivity contribution in [1.29, 1.82) is 0 Å². The molecular formula is C16H23ClN2O2. The lowest BCUT2D eigenvalue weighted by atomic mass is 10.2. The second-order valence-electron chi connectivity index (χ2n) is 5.34. The highest BCUT2D eigenvalue weighted by molar-refractivity contribution is 6.30. The Morgan fingerprint density at radius 3 is 2.81 bits per heavy atom. The summed E-state index contributed by atoms with van der Waals surface area (Å²) in [5, 5.41) is 2.29. The lowest BCUT2D eigenvalue weighted by Crippen LogP contribution is -2.29. The molecule has 0 radical (unpaired) electrons. The van der Waals surface area contributed by atoms with Crippen LogP contribution in [0.5, 0.6) is 5.75 Å². The number of nitrogens with one attached hydrogen (secondary N) is 1. The molecule has 2 rings (SSSR count). The van der Waals surface area contributed by atoms with Crippen molar-refractivity contribution in [2.24, 2.45) is 0 Å². The number of para-hydroxylation sites is 1. The van der Waals surface area contributed by atoms with Crippen LogP contribution >= 0.6 is 11.6 Å². The lowest BCUT2D eigenvalue weighted by Gasteiger charge is -2.17. The Hall–Kier alpha value is -1.26. The number of halogens is 1. The van der Waals surface area contributed by atoms with Gasteiger partial charge in [-0.05, 0) is 38.9 Å². The summed E-state index contributed by atoms with van der Waals surface area (Å²) in [6, 6.07) is 7.79. The third kappa shape index (κ3) is 5.21. The van der Waals surface area contributed by atoms with Gasteiger partial charge in [-0.25, -0.2) is 0 Å². The first-order valence-corrected chi connectivity index (χ1v) is 7.95. The number of benzene rings is 1. The second kappa shape index (κ2) is 8.25. The van der Waals surface area contributed by atoms with Crippen LogP contribution in [-0.2, 0) is 11.3 Å². The number of ether oxygens (including phenoxy) is 1. The Bertz CT molecular complexity index is 459. The Morgan fingerprint density at radius 2 is 2.10 bits per heavy atom. The number of carbonyl (C=O) groups excluding carboxylic acids is 1. The van der Waals surface area contributed by atoms with E-state index >= 15 is 0 Å². The molecule has 1 N–H and O–H groups in total. The molecule has 1 unspecified atom stereocenters. The average molecular weight is 311 g/mol. The molecule has 1 saturated heterocycles. The topological polar surface area (TPSA) is 41.6 Å². The van der Waals surface area contributed by atoms with Gasteiger partial charge in [-0.15, -0.1) is 11.6 Å². The number of likely N-dealkylation sites (tertiary alicyclic amines) is 1. The first kappa shape index (κ1) is 16.1. The highest BCUT2D eigenvalue weighted by Crippen LogP contribution is 2.18. The zero-order valence-electron chi connectivity index (χ0n) is 12.5. The smallest absolute Gasteiger partial charge is 0.238 e. The normalized spacial score (nSPS) is 16.7. The predicted octanol–water partition coefficient (Wildman–Crippen LogP) is 2.40. The van der Waals surface area contributed by atoms with Crippen LogP contribution in [0.2, 0.25) is 0 Å². The molecule has 1 atom stereocenters. The summed E-state index contributed by atoms with van der Waals surface area (Å²) >= 11 is 5.74. The van der Waals surface area contributed by atoms with E-state index in [-0.39, 0.29) is 5.91 Å². The summed E-state index contributed by atoms with van der Waals surface area (Å²) in [7, 11) is 0. The van der Waals surface area contributed by atoms with Crippen LogP contribution in [0.25, 0.3) is 0 Å². The molecule has 1 aromatic rings. The first-order valence-electron chi connectivity index (χ1n) is 7.51. The summed E-state index contributed by atoms with van der Waals surface area (Å²) < 4.78 is 5.87. The van der Waals surface area contributed by atoms with Crippen molar-refractivity contribution in [1.82, 2.24) is 10.2 Å². The van der Waals surface area contributed by atoms with Gasteiger partial charge in [0.2, 0.25) is 5.91 Å². The molecule has 0 aliphatic carbocycles. The van der Waals surface area contributed by atoms with Gasteiger partial charge in [0.05, 0.1) is 0 Å². The van der Waals surface area contributed by atoms with E-state index in [0.717, 1.165) is 17.9 Å². The maximum absolute atomic E-state index is 11.5. The molecule has 1 heterocycles. The van der Waals surface area contributed by atoms with Gasteiger partial charge in [-0.1, -0.05) is 18.2 Å². The molecule has 0 bridgehead atoms. The van der Waals surface area contributed by atoms with Gasteiger partial charge in [0.15, 0.2) is 0 Å². The van der Waals surface area contributed by atoms with Crippen molar-refractivity contribution in [2.45, 2.75) is 31.7 Å². The maximum Gasteiger partial charge on any atom is 0.238 e. The molecule has 1 aliphatic heterocycles. The fourth-order valence-corrected chi connectivity index (χ4v) is 2.48. The van der Waals surface area contributed by atoms with Crippen molar-refractivity contribution in [3.63, 3.8) is 0 Å². The second-order valence-corrected chi connectivity index (χ2v) is 5.99. The maximum atomic E-state index is 11.5. The first-order chi connectivity index (χ1) is 10.2. The molecule has 1 amide bonds. The fourth-order valence-electron chi connectivity index (χ4n) is 2.40. The van der Waals surface area contributed by atoms with Gasteiger partial charge >= 0.3 is 0 Å². The van der Waals surface area contributed by atoms with Gasteiger partial charge in [0.1, 0.15) is 17.7 Å². The van der Waals surface area contributed by atoms with Gasteiger partial charge in [0.25, 0.3) is 0 Å². The van der Waals surface area contributed by atoms with Gasteiger partial charge in [-0.2, -0.15) is 0 Å². The van der Waals surface area contributed by atoms with Crippen molar-refractivity contribution >= 4 is 17.5 Å². The standard InChI is InChI=1S/C16H23ClN2O2/c1-13(17)16(20)18-12-14-6-2-3-7-15(14)21-11-10-19-8-4-5-9-19/h2-3,6-7,13H,4-5,8-12H2,1H3,(H,18,20). The molecular weight excluding hydrogens is 288 g/mol. The van der Waals surface area contributed by atoms with Crippen LogP contribution in [0, 0.1) is 0 Å². The minimum atomic E-state index is -0.520. The highest BCUT2D eigenvalue weighted by Gasteiger charge is 2.12. The minimum Gasteiger partial charge on any atom is -0.492 e. The van der Waals surface area contributed by atoms with E-state index in [9.17, 15) is 4.79 Å². The van der Waals surface area contributed by atoms with Crippen LogP contribution in [0.1, 0.15) is 25.3 Å². The quantitative estimate of drug-likeness (QED) is 0.786. The van der Waals surface area contributed by atoms with E-state index in [1.165, 1.54) is 25.9 Å². The van der Waals surface area contributed by atoms with Crippen molar-refractivity contribution in [2.75, 3.05) is 26.2 Å². The van der Waals surface area contributed by atoms with Gasteiger partial charge in [-0.3, -0.25) is 9.69 Å². The van der Waals surface area contributed by atoms with Crippen molar-refractivity contribution in [3.05, 3.63) is 29.8 Å². The number of hydrogen-bond acceptors (Lipinski definition) is 3. The van der Waals surface area contributed by atoms with Crippen molar-refractivity contribution in [3.8, 4) is 5.75 Å². The van der Waals surface area contributed by atoms with Crippen LogP contribution in [0.4, 0.5) is 0 Å². The van der Waals surface area contributed by atoms with Crippen LogP contribution in [0.15, 0.2) is 24.3 Å². The Balaban J connectivity index is 1.82. The lowest BCUT2D eigenvalue weighted by molar-refractivity contribution is -0.120. The molecule has 5 heteroatoms. The van der Waals surface area contributed by atoms with E-state index < -0.39 is 5.38 Å². The molecule has 0 saturated carbocycles. The summed E-state index contributed by atoms with van der Waals surface area (Å²) in [6.07, 6.45) is 2.58. The summed E-state index contributed by atoms with van der Waals surface area (Å²) in [5.74, 6) is 0.669. The summed E-state index contributed by atoms with van der Waals surface area (Å²) in [6.45, 7) is 6.09. The largest absolute Gasteiger partial charge is 0.492 e. The molecule has 1 aromatic carbocycles. The predicted molar refractivity (Wildman–Crippen MR) is 84.8 cm³/mol. The van der Waals surface area contributed by atoms with Gasteiger partial charge < -0.3 is 10.1 Å². The Labute approximate surface area is 131 Å². The number of nitrogens with zero attached hydrogens (tertiary/aromatic N) is 1. The van der Waals surface area contributed by atoms with Gasteiger partial charge in [0, 0.05) is 18.7 Å². The third-order valence-electron chi connectivity index (χ3n) is 3.65. The highest BCUT2D eigenvalue weighted by atomic mass is 35.5. The number of rotatable bonds is 7. The van der Waals surface area contributed by atoms with Crippen LogP contribution in [0.3, 0.4) is 0 Å². The minimum absolute atomic E-state index is 0.163. The van der Waals surface area contributed by atoms with E-state index in [1.54, 1.807) is 6.92 Å². The SMILES string of the molecule is CC(Cl)C(=O)NCc1ccccc1OCCN1CCCC1. The third-order valence-corrected chi connectivity index (χ3v) is 3.85. The Morgan fingerprint density at radius 1 is 1.38 bits per heavy atom. The van der Waals surface area contributed by atoms with E-state index in [4.69, 9.17) is 16.3 Å². The Kier molecular flexibility index (Phi) is 6.33. The molecule has 1 aliphatic rings. The molecule has 116 valence electrons. The zero-order valence-corrected chi connectivity index (χ0v) is 13.2. The number of amides is 1. The monoisotopic (exact) mass is 310 g/mol. The van der Waals surface area contributed by atoms with Crippen molar-refractivity contribution < 1.29 is 9.53 Å². The average Bonchev–Trinajstić information content (AvgIpc) is 2.99. The summed E-state index contributed by atoms with van der Waals surface area (Å²) in [4.78, 5) is 13.9. The molecule has 21 heavy (non-hydrogen) atoms. The van der Waals surface area contributed by atoms with Crippen LogP contribution in [-0.4, -0.2) is 42.4 Å². The summed E-state index contributed by atoms with van der Waals surface area (Å²) in [5.41, 5.74) is 0.976. The molecule has 0 aromatic heterocycles. The molecule has 1 fully saturated rings. The number of hydrogen-bond donors (Lipinski definition) is 1. The number of alkyl halides is 1. The fraction of sp³-hybridized carbons (Fsp3) is 0.562. The molecule has 4 nitrogen and oxygen atoms in total. The zero-order chi connectivity index (χ0) is 15.1. The van der Waals surface area contributed by atoms with Crippen LogP contribution < -0.4 is 10.1 Å². The molecule has 0 spiro atoms. The van der Waals surface area contributed by atoms with E-state index in [1.807, 2.05) is 24.3 Å².